The van der Waals surface area contributed by atoms with Crippen LogP contribution in [0.15, 0.2) is 0 Å². The van der Waals surface area contributed by atoms with Crippen LogP contribution in [0.3, 0.4) is 0 Å². The number of methoxy groups -OCH3 is 1. The Morgan fingerprint density at radius 1 is 1.10 bits per heavy atom. The standard InChI is InChI=1S/C31H57N3O5/c1-19-10-7-15-26(20(19)2)32-31(37)29-28(21(3)36)27(18-35)39-34(29)17-23-12-9-14-25(30(23)38-6)22-11-8-13-24(16-22)33(4)5/h19-30,35-36H,7-18H2,1-6H3,(H,32,37)/t19-,20-,21-,22?,23?,24?,25?,26-,27-,28+,29-,30?/m0/s1. The maximum Gasteiger partial charge on any atom is 0.240 e. The Balaban J connectivity index is 1.50. The first-order chi connectivity index (χ1) is 18.7. The van der Waals surface area contributed by atoms with Crippen molar-refractivity contribution in [1.82, 2.24) is 15.3 Å². The number of aliphatic hydroxyl groups excluding tert-OH is 2. The van der Waals surface area contributed by atoms with E-state index in [0.29, 0.717) is 36.3 Å². The predicted molar refractivity (Wildman–Crippen MR) is 153 cm³/mol. The van der Waals surface area contributed by atoms with E-state index in [9.17, 15) is 15.0 Å². The van der Waals surface area contributed by atoms with E-state index in [-0.39, 0.29) is 30.6 Å². The fourth-order valence-corrected chi connectivity index (χ4v) is 8.60. The van der Waals surface area contributed by atoms with E-state index in [1.54, 1.807) is 6.92 Å². The lowest BCUT2D eigenvalue weighted by Crippen LogP contribution is -2.55. The van der Waals surface area contributed by atoms with E-state index in [4.69, 9.17) is 9.57 Å². The van der Waals surface area contributed by atoms with E-state index in [1.165, 1.54) is 38.5 Å². The van der Waals surface area contributed by atoms with E-state index < -0.39 is 24.2 Å². The zero-order valence-corrected chi connectivity index (χ0v) is 25.4. The second-order valence-corrected chi connectivity index (χ2v) is 13.7. The molecule has 5 unspecified atom stereocenters. The van der Waals surface area contributed by atoms with Crippen molar-refractivity contribution in [2.75, 3.05) is 34.4 Å². The lowest BCUT2D eigenvalue weighted by molar-refractivity contribution is -0.192. The molecule has 8 nitrogen and oxygen atoms in total. The molecule has 0 radical (unpaired) electrons. The van der Waals surface area contributed by atoms with Crippen molar-refractivity contribution in [1.29, 1.82) is 0 Å². The molecule has 4 fully saturated rings. The van der Waals surface area contributed by atoms with Crippen LogP contribution in [-0.4, -0.2) is 96.9 Å². The maximum atomic E-state index is 13.9. The van der Waals surface area contributed by atoms with Gasteiger partial charge in [0, 0.05) is 37.6 Å². The summed E-state index contributed by atoms with van der Waals surface area (Å²) < 4.78 is 6.25. The van der Waals surface area contributed by atoms with Crippen molar-refractivity contribution in [3.8, 4) is 0 Å². The van der Waals surface area contributed by atoms with E-state index in [2.05, 4.69) is 38.2 Å². The number of carbonyl (C=O) groups excluding carboxylic acids is 1. The molecule has 12 atom stereocenters. The molecule has 0 aromatic carbocycles. The highest BCUT2D eigenvalue weighted by molar-refractivity contribution is 5.82. The molecule has 1 saturated heterocycles. The van der Waals surface area contributed by atoms with Crippen LogP contribution >= 0.6 is 0 Å². The normalized spacial score (nSPS) is 42.9. The number of nitrogens with zero attached hydrogens (tertiary/aromatic N) is 2. The summed E-state index contributed by atoms with van der Waals surface area (Å²) in [6.07, 6.45) is 10.5. The fourth-order valence-electron chi connectivity index (χ4n) is 8.60. The van der Waals surface area contributed by atoms with Crippen molar-refractivity contribution in [2.24, 2.45) is 35.5 Å². The third-order valence-corrected chi connectivity index (χ3v) is 11.1. The summed E-state index contributed by atoms with van der Waals surface area (Å²) in [5.74, 6) is 1.84. The molecule has 1 amide bonds. The first-order valence-corrected chi connectivity index (χ1v) is 15.9. The van der Waals surface area contributed by atoms with Crippen LogP contribution in [0.2, 0.25) is 0 Å². The number of aliphatic hydroxyl groups is 2. The summed E-state index contributed by atoms with van der Waals surface area (Å²) in [5.41, 5.74) is 0. The van der Waals surface area contributed by atoms with Crippen molar-refractivity contribution in [2.45, 2.75) is 121 Å². The fraction of sp³-hybridized carbons (Fsp3) is 0.968. The average Bonchev–Trinajstić information content (AvgIpc) is 3.30. The minimum absolute atomic E-state index is 0.0785. The molecule has 1 aliphatic heterocycles. The Bertz CT molecular complexity index is 781. The molecule has 3 N–H and O–H groups in total. The van der Waals surface area contributed by atoms with E-state index in [0.717, 1.165) is 25.7 Å². The van der Waals surface area contributed by atoms with Crippen LogP contribution in [-0.2, 0) is 14.4 Å². The Hall–Kier alpha value is -0.770. The molecule has 3 saturated carbocycles. The van der Waals surface area contributed by atoms with Crippen molar-refractivity contribution >= 4 is 5.91 Å². The largest absolute Gasteiger partial charge is 0.394 e. The first kappa shape index (κ1) is 31.2. The number of carbonyl (C=O) groups is 1. The monoisotopic (exact) mass is 551 g/mol. The summed E-state index contributed by atoms with van der Waals surface area (Å²) >= 11 is 0. The number of ether oxygens (including phenoxy) is 1. The minimum atomic E-state index is -0.770. The molecule has 0 aromatic heterocycles. The second kappa shape index (κ2) is 13.9. The Kier molecular flexibility index (Phi) is 11.1. The molecule has 1 heterocycles. The SMILES string of the molecule is COC1C(CN2O[C@@H](CO)[C@@H]([C@H](C)O)[C@H]2C(=O)N[C@H]2CCC[C@H](C)[C@@H]2C)CCCC1C1CCCC(N(C)C)C1. The van der Waals surface area contributed by atoms with Crippen LogP contribution in [0, 0.1) is 35.5 Å². The number of amides is 1. The third-order valence-electron chi connectivity index (χ3n) is 11.1. The minimum Gasteiger partial charge on any atom is -0.394 e. The van der Waals surface area contributed by atoms with Gasteiger partial charge in [-0.05, 0) is 83.2 Å². The van der Waals surface area contributed by atoms with Crippen LogP contribution in [0.1, 0.15) is 85.0 Å². The molecule has 0 aromatic rings. The summed E-state index contributed by atoms with van der Waals surface area (Å²) in [4.78, 5) is 22.6. The number of nitrogens with one attached hydrogen (secondary N) is 1. The zero-order chi connectivity index (χ0) is 28.3. The summed E-state index contributed by atoms with van der Waals surface area (Å²) in [6.45, 7) is 6.57. The van der Waals surface area contributed by atoms with Gasteiger partial charge in [0.2, 0.25) is 5.91 Å². The van der Waals surface area contributed by atoms with Crippen molar-refractivity contribution < 1.29 is 24.6 Å². The number of rotatable bonds is 9. The van der Waals surface area contributed by atoms with Gasteiger partial charge in [-0.15, -0.1) is 0 Å². The Morgan fingerprint density at radius 3 is 2.49 bits per heavy atom. The molecule has 4 aliphatic rings. The smallest absolute Gasteiger partial charge is 0.240 e. The highest BCUT2D eigenvalue weighted by Gasteiger charge is 2.51. The van der Waals surface area contributed by atoms with Gasteiger partial charge < -0.3 is 25.2 Å². The maximum absolute atomic E-state index is 13.9. The van der Waals surface area contributed by atoms with Gasteiger partial charge in [-0.1, -0.05) is 39.5 Å². The number of hydrogen-bond donors (Lipinski definition) is 3. The van der Waals surface area contributed by atoms with Crippen molar-refractivity contribution in [3.05, 3.63) is 0 Å². The topological polar surface area (TPSA) is 94.5 Å². The Morgan fingerprint density at radius 2 is 1.82 bits per heavy atom. The predicted octanol–water partition coefficient (Wildman–Crippen LogP) is 3.45. The van der Waals surface area contributed by atoms with Gasteiger partial charge in [-0.2, -0.15) is 5.06 Å². The molecule has 3 aliphatic carbocycles. The summed E-state index contributed by atoms with van der Waals surface area (Å²) in [5, 5.41) is 26.1. The molecule has 8 heteroatoms. The van der Waals surface area contributed by atoms with Gasteiger partial charge in [0.05, 0.1) is 18.8 Å². The van der Waals surface area contributed by atoms with Gasteiger partial charge in [-0.3, -0.25) is 9.63 Å². The molecule has 226 valence electrons. The van der Waals surface area contributed by atoms with Crippen molar-refractivity contribution in [3.63, 3.8) is 0 Å². The molecule has 39 heavy (non-hydrogen) atoms. The highest BCUT2D eigenvalue weighted by Crippen LogP contribution is 2.44. The van der Waals surface area contributed by atoms with Gasteiger partial charge in [-0.25, -0.2) is 0 Å². The molecule has 4 rings (SSSR count). The number of hydrogen-bond acceptors (Lipinski definition) is 7. The molecule has 0 bridgehead atoms. The van der Waals surface area contributed by atoms with Crippen LogP contribution in [0.5, 0.6) is 0 Å². The van der Waals surface area contributed by atoms with Gasteiger partial charge in [0.1, 0.15) is 12.1 Å². The third kappa shape index (κ3) is 7.00. The lowest BCUT2D eigenvalue weighted by atomic mass is 9.67. The van der Waals surface area contributed by atoms with Gasteiger partial charge >= 0.3 is 0 Å². The molecular weight excluding hydrogens is 494 g/mol. The van der Waals surface area contributed by atoms with E-state index >= 15 is 0 Å². The van der Waals surface area contributed by atoms with Gasteiger partial charge in [0.15, 0.2) is 0 Å². The van der Waals surface area contributed by atoms with Crippen LogP contribution < -0.4 is 5.32 Å². The zero-order valence-electron chi connectivity index (χ0n) is 25.4. The first-order valence-electron chi connectivity index (χ1n) is 15.9. The van der Waals surface area contributed by atoms with E-state index in [1.807, 2.05) is 12.2 Å². The molecular formula is C31H57N3O5. The number of hydroxylamine groups is 2. The highest BCUT2D eigenvalue weighted by atomic mass is 16.7. The van der Waals surface area contributed by atoms with Crippen LogP contribution in [0.25, 0.3) is 0 Å². The lowest BCUT2D eigenvalue weighted by Gasteiger charge is -2.45. The second-order valence-electron chi connectivity index (χ2n) is 13.7. The average molecular weight is 552 g/mol. The van der Waals surface area contributed by atoms with Gasteiger partial charge in [0.25, 0.3) is 0 Å². The quantitative estimate of drug-likeness (QED) is 0.404. The summed E-state index contributed by atoms with van der Waals surface area (Å²) in [6, 6.07) is 0.142. The molecule has 0 spiro atoms. The summed E-state index contributed by atoms with van der Waals surface area (Å²) in [7, 11) is 6.24. The Labute approximate surface area is 237 Å². The van der Waals surface area contributed by atoms with Crippen LogP contribution in [0.4, 0.5) is 0 Å².